The van der Waals surface area contributed by atoms with Crippen molar-refractivity contribution in [3.05, 3.63) is 50.9 Å². The standard InChI is InChI=1S/C14H11Cl2NO4/c1-6-5-8(7(2)21-6)13(18)17-12-10(16)4-3-9(15)11(12)14(19)20/h3-5H,1-2H3,(H,17,18)(H,19,20). The average molecular weight is 328 g/mol. The number of aromatic carboxylic acids is 1. The first-order chi connectivity index (χ1) is 9.81. The molecule has 1 heterocycles. The third kappa shape index (κ3) is 3.04. The van der Waals surface area contributed by atoms with Crippen molar-refractivity contribution in [2.75, 3.05) is 5.32 Å². The molecular weight excluding hydrogens is 317 g/mol. The monoisotopic (exact) mass is 327 g/mol. The van der Waals surface area contributed by atoms with E-state index < -0.39 is 11.9 Å². The van der Waals surface area contributed by atoms with E-state index in [0.717, 1.165) is 0 Å². The summed E-state index contributed by atoms with van der Waals surface area (Å²) in [5.74, 6) is -0.790. The van der Waals surface area contributed by atoms with Gasteiger partial charge in [-0.05, 0) is 32.0 Å². The average Bonchev–Trinajstić information content (AvgIpc) is 2.72. The summed E-state index contributed by atoms with van der Waals surface area (Å²) in [6.07, 6.45) is 0. The normalized spacial score (nSPS) is 10.5. The van der Waals surface area contributed by atoms with Crippen LogP contribution < -0.4 is 5.32 Å². The highest BCUT2D eigenvalue weighted by Gasteiger charge is 2.21. The summed E-state index contributed by atoms with van der Waals surface area (Å²) in [6, 6.07) is 4.33. The number of nitrogens with one attached hydrogen (secondary N) is 1. The largest absolute Gasteiger partial charge is 0.478 e. The second kappa shape index (κ2) is 5.79. The van der Waals surface area contributed by atoms with Gasteiger partial charge in [-0.3, -0.25) is 4.79 Å². The lowest BCUT2D eigenvalue weighted by molar-refractivity contribution is 0.0698. The van der Waals surface area contributed by atoms with Gasteiger partial charge in [-0.25, -0.2) is 4.79 Å². The second-order valence-corrected chi connectivity index (χ2v) is 5.18. The molecule has 1 amide bonds. The van der Waals surface area contributed by atoms with Crippen LogP contribution >= 0.6 is 23.2 Å². The molecule has 0 saturated carbocycles. The lowest BCUT2D eigenvalue weighted by Gasteiger charge is -2.11. The number of rotatable bonds is 3. The topological polar surface area (TPSA) is 79.5 Å². The molecule has 7 heteroatoms. The van der Waals surface area contributed by atoms with E-state index in [4.69, 9.17) is 27.6 Å². The molecule has 0 atom stereocenters. The molecule has 0 unspecified atom stereocenters. The van der Waals surface area contributed by atoms with Gasteiger partial charge in [-0.15, -0.1) is 0 Å². The van der Waals surface area contributed by atoms with Crippen LogP contribution in [0.3, 0.4) is 0 Å². The van der Waals surface area contributed by atoms with Gasteiger partial charge in [0, 0.05) is 0 Å². The minimum atomic E-state index is -1.28. The van der Waals surface area contributed by atoms with Crippen LogP contribution in [0.15, 0.2) is 22.6 Å². The van der Waals surface area contributed by atoms with Crippen molar-refractivity contribution < 1.29 is 19.1 Å². The highest BCUT2D eigenvalue weighted by atomic mass is 35.5. The summed E-state index contributed by atoms with van der Waals surface area (Å²) in [4.78, 5) is 23.5. The number of amides is 1. The Kier molecular flexibility index (Phi) is 4.25. The van der Waals surface area contributed by atoms with E-state index in [1.54, 1.807) is 19.9 Å². The first-order valence-corrected chi connectivity index (χ1v) is 6.66. The number of furan rings is 1. The van der Waals surface area contributed by atoms with E-state index in [1.165, 1.54) is 12.1 Å². The van der Waals surface area contributed by atoms with Crippen molar-refractivity contribution in [1.82, 2.24) is 0 Å². The molecule has 0 bridgehead atoms. The number of anilines is 1. The Bertz CT molecular complexity index is 737. The number of halogens is 2. The molecule has 0 aliphatic heterocycles. The Balaban J connectivity index is 2.44. The number of carbonyl (C=O) groups is 2. The number of hydrogen-bond acceptors (Lipinski definition) is 3. The second-order valence-electron chi connectivity index (χ2n) is 4.37. The molecule has 2 aromatic rings. The molecule has 5 nitrogen and oxygen atoms in total. The fraction of sp³-hybridized carbons (Fsp3) is 0.143. The molecule has 2 rings (SSSR count). The SMILES string of the molecule is Cc1cc(C(=O)Nc2c(Cl)ccc(Cl)c2C(=O)O)c(C)o1. The Hall–Kier alpha value is -1.98. The van der Waals surface area contributed by atoms with Crippen LogP contribution in [0.2, 0.25) is 10.0 Å². The van der Waals surface area contributed by atoms with E-state index in [-0.39, 0.29) is 21.3 Å². The zero-order chi connectivity index (χ0) is 15.7. The lowest BCUT2D eigenvalue weighted by atomic mass is 10.1. The summed E-state index contributed by atoms with van der Waals surface area (Å²) < 4.78 is 5.27. The van der Waals surface area contributed by atoms with Gasteiger partial charge >= 0.3 is 5.97 Å². The summed E-state index contributed by atoms with van der Waals surface area (Å²) in [7, 11) is 0. The molecule has 1 aromatic heterocycles. The van der Waals surface area contributed by atoms with E-state index in [0.29, 0.717) is 17.1 Å². The predicted molar refractivity (Wildman–Crippen MR) is 79.6 cm³/mol. The van der Waals surface area contributed by atoms with Gasteiger partial charge in [0.1, 0.15) is 17.1 Å². The molecule has 0 fully saturated rings. The fourth-order valence-corrected chi connectivity index (χ4v) is 2.36. The predicted octanol–water partition coefficient (Wildman–Crippen LogP) is 4.15. The molecule has 2 N–H and O–H groups in total. The van der Waals surface area contributed by atoms with Crippen molar-refractivity contribution in [1.29, 1.82) is 0 Å². The van der Waals surface area contributed by atoms with Gasteiger partial charge in [0.05, 0.1) is 21.3 Å². The summed E-state index contributed by atoms with van der Waals surface area (Å²) in [6.45, 7) is 3.35. The van der Waals surface area contributed by atoms with Crippen LogP contribution in [0.1, 0.15) is 32.2 Å². The highest BCUT2D eigenvalue weighted by molar-refractivity contribution is 6.38. The van der Waals surface area contributed by atoms with E-state index in [9.17, 15) is 14.7 Å². The maximum absolute atomic E-state index is 12.2. The molecule has 21 heavy (non-hydrogen) atoms. The quantitative estimate of drug-likeness (QED) is 0.887. The Labute approximate surface area is 130 Å². The van der Waals surface area contributed by atoms with Crippen molar-refractivity contribution >= 4 is 40.8 Å². The number of benzene rings is 1. The van der Waals surface area contributed by atoms with Gasteiger partial charge in [0.2, 0.25) is 0 Å². The van der Waals surface area contributed by atoms with E-state index in [2.05, 4.69) is 5.32 Å². The van der Waals surface area contributed by atoms with Gasteiger partial charge in [-0.1, -0.05) is 23.2 Å². The lowest BCUT2D eigenvalue weighted by Crippen LogP contribution is -2.16. The molecule has 0 aliphatic rings. The van der Waals surface area contributed by atoms with Crippen LogP contribution in [0.4, 0.5) is 5.69 Å². The number of carboxylic acids is 1. The van der Waals surface area contributed by atoms with E-state index >= 15 is 0 Å². The Morgan fingerprint density at radius 2 is 1.81 bits per heavy atom. The van der Waals surface area contributed by atoms with E-state index in [1.807, 2.05) is 0 Å². The molecule has 110 valence electrons. The number of carbonyl (C=O) groups excluding carboxylic acids is 1. The molecule has 0 spiro atoms. The minimum absolute atomic E-state index is 0.0118. The maximum atomic E-state index is 12.2. The van der Waals surface area contributed by atoms with Crippen LogP contribution in [0.5, 0.6) is 0 Å². The first-order valence-electron chi connectivity index (χ1n) is 5.91. The summed E-state index contributed by atoms with van der Waals surface area (Å²) in [5, 5.41) is 11.7. The molecule has 1 aromatic carbocycles. The van der Waals surface area contributed by atoms with Crippen molar-refractivity contribution in [3.8, 4) is 0 Å². The molecule has 0 radical (unpaired) electrons. The van der Waals surface area contributed by atoms with Crippen molar-refractivity contribution in [3.63, 3.8) is 0 Å². The number of carboxylic acid groups (broad SMARTS) is 1. The summed E-state index contributed by atoms with van der Waals surface area (Å²) >= 11 is 11.8. The molecule has 0 aliphatic carbocycles. The van der Waals surface area contributed by atoms with Crippen molar-refractivity contribution in [2.45, 2.75) is 13.8 Å². The highest BCUT2D eigenvalue weighted by Crippen LogP contribution is 2.32. The van der Waals surface area contributed by atoms with Gasteiger partial charge in [0.15, 0.2) is 0 Å². The minimum Gasteiger partial charge on any atom is -0.478 e. The Morgan fingerprint density at radius 1 is 1.19 bits per heavy atom. The Morgan fingerprint density at radius 3 is 2.33 bits per heavy atom. The van der Waals surface area contributed by atoms with Gasteiger partial charge < -0.3 is 14.8 Å². The fourth-order valence-electron chi connectivity index (χ4n) is 1.92. The maximum Gasteiger partial charge on any atom is 0.339 e. The third-order valence-corrected chi connectivity index (χ3v) is 3.47. The zero-order valence-corrected chi connectivity index (χ0v) is 12.7. The smallest absolute Gasteiger partial charge is 0.339 e. The zero-order valence-electron chi connectivity index (χ0n) is 11.2. The van der Waals surface area contributed by atoms with Crippen LogP contribution in [0.25, 0.3) is 0 Å². The number of aryl methyl sites for hydroxylation is 2. The van der Waals surface area contributed by atoms with Crippen LogP contribution in [0, 0.1) is 13.8 Å². The summed E-state index contributed by atoms with van der Waals surface area (Å²) in [5.41, 5.74) is 0.00943. The first kappa shape index (κ1) is 15.4. The molecule has 0 saturated heterocycles. The third-order valence-electron chi connectivity index (χ3n) is 2.84. The van der Waals surface area contributed by atoms with Crippen LogP contribution in [-0.4, -0.2) is 17.0 Å². The molecular formula is C14H11Cl2NO4. The number of hydrogen-bond donors (Lipinski definition) is 2. The van der Waals surface area contributed by atoms with Crippen LogP contribution in [-0.2, 0) is 0 Å². The van der Waals surface area contributed by atoms with Gasteiger partial charge in [0.25, 0.3) is 5.91 Å². The van der Waals surface area contributed by atoms with Gasteiger partial charge in [-0.2, -0.15) is 0 Å². The van der Waals surface area contributed by atoms with Crippen molar-refractivity contribution in [2.24, 2.45) is 0 Å².